The van der Waals surface area contributed by atoms with E-state index in [1.807, 2.05) is 25.1 Å². The molecule has 2 aliphatic rings. The summed E-state index contributed by atoms with van der Waals surface area (Å²) in [4.78, 5) is 27.5. The second kappa shape index (κ2) is 8.83. The van der Waals surface area contributed by atoms with Crippen molar-refractivity contribution in [2.75, 3.05) is 13.1 Å². The van der Waals surface area contributed by atoms with Crippen LogP contribution in [0.2, 0.25) is 0 Å². The molecule has 0 unspecified atom stereocenters. The summed E-state index contributed by atoms with van der Waals surface area (Å²) >= 11 is 0. The normalized spacial score (nSPS) is 20.3. The van der Waals surface area contributed by atoms with E-state index >= 15 is 0 Å². The maximum absolute atomic E-state index is 13.2. The molecular formula is C24H28N2O4S. The molecule has 2 saturated heterocycles. The molecule has 6 nitrogen and oxygen atoms in total. The van der Waals surface area contributed by atoms with Gasteiger partial charge in [-0.05, 0) is 56.2 Å². The molecule has 2 fully saturated rings. The minimum absolute atomic E-state index is 0.0488. The fourth-order valence-electron chi connectivity index (χ4n) is 4.53. The number of benzene rings is 2. The van der Waals surface area contributed by atoms with E-state index in [-0.39, 0.29) is 23.6 Å². The summed E-state index contributed by atoms with van der Waals surface area (Å²) in [5.74, 6) is -0.248. The molecular weight excluding hydrogens is 412 g/mol. The van der Waals surface area contributed by atoms with E-state index in [0.717, 1.165) is 29.1 Å². The van der Waals surface area contributed by atoms with Crippen LogP contribution in [0.15, 0.2) is 59.5 Å². The van der Waals surface area contributed by atoms with Crippen LogP contribution in [-0.2, 0) is 26.0 Å². The molecule has 0 aliphatic carbocycles. The lowest BCUT2D eigenvalue weighted by Crippen LogP contribution is -2.51. The molecule has 2 aromatic carbocycles. The van der Waals surface area contributed by atoms with Gasteiger partial charge in [0, 0.05) is 19.5 Å². The Bertz CT molecular complexity index is 1040. The van der Waals surface area contributed by atoms with E-state index in [9.17, 15) is 18.0 Å². The average molecular weight is 441 g/mol. The predicted octanol–water partition coefficient (Wildman–Crippen LogP) is 3.16. The van der Waals surface area contributed by atoms with Gasteiger partial charge in [-0.25, -0.2) is 12.7 Å². The van der Waals surface area contributed by atoms with Gasteiger partial charge < -0.3 is 4.90 Å². The van der Waals surface area contributed by atoms with Crippen LogP contribution in [-0.4, -0.2) is 48.6 Å². The Morgan fingerprint density at radius 1 is 0.968 bits per heavy atom. The minimum atomic E-state index is -4.05. The number of carbonyl (C=O) groups excluding carboxylic acids is 2. The highest BCUT2D eigenvalue weighted by molar-refractivity contribution is 7.89. The molecule has 0 N–H and O–H groups in total. The highest BCUT2D eigenvalue weighted by atomic mass is 32.2. The third kappa shape index (κ3) is 4.51. The summed E-state index contributed by atoms with van der Waals surface area (Å²) < 4.78 is 27.1. The predicted molar refractivity (Wildman–Crippen MR) is 118 cm³/mol. The first-order valence-electron chi connectivity index (χ1n) is 10.8. The Morgan fingerprint density at radius 2 is 1.61 bits per heavy atom. The first-order chi connectivity index (χ1) is 14.9. The van der Waals surface area contributed by atoms with E-state index in [1.54, 1.807) is 17.0 Å². The van der Waals surface area contributed by atoms with Crippen molar-refractivity contribution in [1.82, 2.24) is 9.21 Å². The summed E-state index contributed by atoms with van der Waals surface area (Å²) in [6.07, 6.45) is 3.06. The summed E-state index contributed by atoms with van der Waals surface area (Å²) in [6.45, 7) is 3.06. The van der Waals surface area contributed by atoms with Crippen LogP contribution in [0.3, 0.4) is 0 Å². The maximum atomic E-state index is 13.2. The molecule has 164 valence electrons. The zero-order chi connectivity index (χ0) is 22.0. The quantitative estimate of drug-likeness (QED) is 0.716. The number of nitrogens with zero attached hydrogens (tertiary/aromatic N) is 2. The van der Waals surface area contributed by atoms with E-state index < -0.39 is 22.0 Å². The van der Waals surface area contributed by atoms with Crippen LogP contribution in [0.5, 0.6) is 0 Å². The fourth-order valence-corrected chi connectivity index (χ4v) is 6.12. The lowest BCUT2D eigenvalue weighted by atomic mass is 9.90. The highest BCUT2D eigenvalue weighted by Gasteiger charge is 2.45. The largest absolute Gasteiger partial charge is 0.341 e. The van der Waals surface area contributed by atoms with Crippen molar-refractivity contribution in [3.8, 4) is 0 Å². The van der Waals surface area contributed by atoms with E-state index in [0.29, 0.717) is 19.0 Å². The first-order valence-corrected chi connectivity index (χ1v) is 12.3. The SMILES string of the molecule is Cc1ccc(S(=O)(=O)N2C(=O)CC[C@H]2C(=O)N2CCC(Cc3ccccc3)CC2)cc1. The van der Waals surface area contributed by atoms with E-state index in [4.69, 9.17) is 0 Å². The highest BCUT2D eigenvalue weighted by Crippen LogP contribution is 2.30. The molecule has 0 bridgehead atoms. The Hall–Kier alpha value is -2.67. The minimum Gasteiger partial charge on any atom is -0.341 e. The van der Waals surface area contributed by atoms with Crippen LogP contribution in [0.4, 0.5) is 0 Å². The van der Waals surface area contributed by atoms with Crippen molar-refractivity contribution in [2.45, 2.75) is 50.0 Å². The third-order valence-electron chi connectivity index (χ3n) is 6.32. The van der Waals surface area contributed by atoms with Crippen molar-refractivity contribution < 1.29 is 18.0 Å². The van der Waals surface area contributed by atoms with Crippen LogP contribution < -0.4 is 0 Å². The fraction of sp³-hybridized carbons (Fsp3) is 0.417. The number of likely N-dealkylation sites (tertiary alicyclic amines) is 1. The monoisotopic (exact) mass is 440 g/mol. The van der Waals surface area contributed by atoms with Gasteiger partial charge in [-0.3, -0.25) is 9.59 Å². The second-order valence-electron chi connectivity index (χ2n) is 8.52. The number of piperidine rings is 1. The van der Waals surface area contributed by atoms with Crippen molar-refractivity contribution in [3.63, 3.8) is 0 Å². The number of hydrogen-bond acceptors (Lipinski definition) is 4. The smallest absolute Gasteiger partial charge is 0.267 e. The number of sulfonamides is 1. The number of hydrogen-bond donors (Lipinski definition) is 0. The van der Waals surface area contributed by atoms with E-state index in [1.165, 1.54) is 17.7 Å². The molecule has 2 aliphatic heterocycles. The molecule has 0 radical (unpaired) electrons. The molecule has 1 atom stereocenters. The van der Waals surface area contributed by atoms with Gasteiger partial charge in [0.1, 0.15) is 6.04 Å². The van der Waals surface area contributed by atoms with Gasteiger partial charge in [-0.1, -0.05) is 48.0 Å². The zero-order valence-electron chi connectivity index (χ0n) is 17.7. The Morgan fingerprint density at radius 3 is 2.26 bits per heavy atom. The van der Waals surface area contributed by atoms with E-state index in [2.05, 4.69) is 12.1 Å². The molecule has 7 heteroatoms. The van der Waals surface area contributed by atoms with Gasteiger partial charge in [0.05, 0.1) is 4.90 Å². The molecule has 2 heterocycles. The maximum Gasteiger partial charge on any atom is 0.267 e. The Balaban J connectivity index is 1.44. The van der Waals surface area contributed by atoms with Gasteiger partial charge in [-0.15, -0.1) is 0 Å². The molecule has 0 aromatic heterocycles. The lowest BCUT2D eigenvalue weighted by molar-refractivity contribution is -0.139. The second-order valence-corrected chi connectivity index (χ2v) is 10.3. The van der Waals surface area contributed by atoms with Gasteiger partial charge in [-0.2, -0.15) is 0 Å². The zero-order valence-corrected chi connectivity index (χ0v) is 18.6. The summed E-state index contributed by atoms with van der Waals surface area (Å²) in [7, 11) is -4.05. The number of carbonyl (C=O) groups is 2. The number of rotatable bonds is 5. The van der Waals surface area contributed by atoms with Crippen molar-refractivity contribution >= 4 is 21.8 Å². The number of aryl methyl sites for hydroxylation is 1. The molecule has 2 amide bonds. The van der Waals surface area contributed by atoms with Crippen LogP contribution in [0, 0.1) is 12.8 Å². The molecule has 2 aromatic rings. The molecule has 0 saturated carbocycles. The summed E-state index contributed by atoms with van der Waals surface area (Å²) in [5.41, 5.74) is 2.22. The molecule has 31 heavy (non-hydrogen) atoms. The Kier molecular flexibility index (Phi) is 6.14. The van der Waals surface area contributed by atoms with Crippen LogP contribution >= 0.6 is 0 Å². The average Bonchev–Trinajstić information content (AvgIpc) is 3.17. The summed E-state index contributed by atoms with van der Waals surface area (Å²) in [5, 5.41) is 0. The molecule has 4 rings (SSSR count). The summed E-state index contributed by atoms with van der Waals surface area (Å²) in [6, 6.07) is 15.8. The van der Waals surface area contributed by atoms with Gasteiger partial charge in [0.2, 0.25) is 11.8 Å². The van der Waals surface area contributed by atoms with Crippen molar-refractivity contribution in [2.24, 2.45) is 5.92 Å². The third-order valence-corrected chi connectivity index (χ3v) is 8.16. The Labute approximate surface area is 183 Å². The lowest BCUT2D eigenvalue weighted by Gasteiger charge is -2.35. The van der Waals surface area contributed by atoms with Crippen LogP contribution in [0.25, 0.3) is 0 Å². The van der Waals surface area contributed by atoms with Gasteiger partial charge in [0.25, 0.3) is 10.0 Å². The first kappa shape index (κ1) is 21.6. The number of amides is 2. The molecule has 0 spiro atoms. The van der Waals surface area contributed by atoms with Crippen molar-refractivity contribution in [1.29, 1.82) is 0 Å². The van der Waals surface area contributed by atoms with Crippen molar-refractivity contribution in [3.05, 3.63) is 65.7 Å². The van der Waals surface area contributed by atoms with Gasteiger partial charge in [0.15, 0.2) is 0 Å². The van der Waals surface area contributed by atoms with Gasteiger partial charge >= 0.3 is 0 Å². The van der Waals surface area contributed by atoms with Crippen LogP contribution in [0.1, 0.15) is 36.8 Å². The standard InChI is InChI=1S/C24H28N2O4S/c1-18-7-9-21(10-8-18)31(29,30)26-22(11-12-23(26)27)24(28)25-15-13-20(14-16-25)17-19-5-3-2-4-6-19/h2-10,20,22H,11-17H2,1H3/t22-/m0/s1. The topological polar surface area (TPSA) is 74.8 Å².